The van der Waals surface area contributed by atoms with E-state index >= 15 is 0 Å². The van der Waals surface area contributed by atoms with Gasteiger partial charge in [-0.2, -0.15) is 0 Å². The van der Waals surface area contributed by atoms with E-state index in [2.05, 4.69) is 11.4 Å². The van der Waals surface area contributed by atoms with Crippen molar-refractivity contribution in [2.45, 2.75) is 12.2 Å². The third kappa shape index (κ3) is 3.72. The van der Waals surface area contributed by atoms with E-state index in [1.54, 1.807) is 23.1 Å². The van der Waals surface area contributed by atoms with Gasteiger partial charge < -0.3 is 10.0 Å². The van der Waals surface area contributed by atoms with E-state index < -0.39 is 0 Å². The number of hydrogen-bond donors (Lipinski definition) is 1. The molecule has 0 spiro atoms. The molecule has 1 N–H and O–H groups in total. The minimum absolute atomic E-state index is 0.201. The average Bonchev–Trinajstić information content (AvgIpc) is 2.99. The van der Waals surface area contributed by atoms with Crippen LogP contribution in [0.4, 0.5) is 0 Å². The summed E-state index contributed by atoms with van der Waals surface area (Å²) in [4.78, 5) is 15.1. The highest BCUT2D eigenvalue weighted by atomic mass is 32.2. The van der Waals surface area contributed by atoms with Crippen molar-refractivity contribution >= 4 is 29.0 Å². The summed E-state index contributed by atoms with van der Waals surface area (Å²) in [7, 11) is 0. The molecule has 1 amide bonds. The standard InChI is InChI=1S/C12H17NO2S2/c14-7-10-3-4-13(6-10)12(15)9-16-8-11-2-1-5-17-11/h1-2,5,10,14H,3-4,6-9H2. The Hall–Kier alpha value is -0.520. The van der Waals surface area contributed by atoms with Crippen LogP contribution in [0.25, 0.3) is 0 Å². The number of aliphatic hydroxyl groups is 1. The number of aliphatic hydroxyl groups excluding tert-OH is 1. The lowest BCUT2D eigenvalue weighted by molar-refractivity contribution is -0.127. The minimum Gasteiger partial charge on any atom is -0.396 e. The molecule has 0 bridgehead atoms. The molecule has 1 aliphatic heterocycles. The molecule has 94 valence electrons. The lowest BCUT2D eigenvalue weighted by Crippen LogP contribution is -2.30. The second-order valence-corrected chi connectivity index (χ2v) is 6.27. The van der Waals surface area contributed by atoms with Crippen LogP contribution in [-0.4, -0.2) is 41.4 Å². The van der Waals surface area contributed by atoms with Crippen molar-refractivity contribution in [3.8, 4) is 0 Å². The SMILES string of the molecule is O=C(CSCc1cccs1)N1CCC(CO)C1. The zero-order chi connectivity index (χ0) is 12.1. The van der Waals surface area contributed by atoms with Crippen molar-refractivity contribution in [3.05, 3.63) is 22.4 Å². The fourth-order valence-corrected chi connectivity index (χ4v) is 3.70. The first-order chi connectivity index (χ1) is 8.29. The maximum absolute atomic E-state index is 11.9. The highest BCUT2D eigenvalue weighted by Crippen LogP contribution is 2.20. The van der Waals surface area contributed by atoms with Crippen molar-refractivity contribution in [2.24, 2.45) is 5.92 Å². The fraction of sp³-hybridized carbons (Fsp3) is 0.583. The van der Waals surface area contributed by atoms with Crippen molar-refractivity contribution in [2.75, 3.05) is 25.4 Å². The van der Waals surface area contributed by atoms with Gasteiger partial charge in [-0.1, -0.05) is 6.07 Å². The molecule has 2 rings (SSSR count). The number of hydrogen-bond acceptors (Lipinski definition) is 4. The third-order valence-electron chi connectivity index (χ3n) is 2.95. The molecule has 1 fully saturated rings. The minimum atomic E-state index is 0.201. The molecule has 17 heavy (non-hydrogen) atoms. The molecule has 0 aliphatic carbocycles. The van der Waals surface area contributed by atoms with Gasteiger partial charge in [-0.05, 0) is 17.9 Å². The number of rotatable bonds is 5. The number of amides is 1. The summed E-state index contributed by atoms with van der Waals surface area (Å²) < 4.78 is 0. The number of likely N-dealkylation sites (tertiary alicyclic amines) is 1. The van der Waals surface area contributed by atoms with Gasteiger partial charge in [0.2, 0.25) is 5.91 Å². The Kier molecular flexibility index (Phi) is 4.88. The first-order valence-corrected chi connectivity index (χ1v) is 7.82. The van der Waals surface area contributed by atoms with Crippen LogP contribution in [0.5, 0.6) is 0 Å². The fourth-order valence-electron chi connectivity index (χ4n) is 1.93. The Bertz CT molecular complexity index is 353. The number of carbonyl (C=O) groups excluding carboxylic acids is 1. The highest BCUT2D eigenvalue weighted by molar-refractivity contribution is 7.99. The number of thiophene rings is 1. The molecule has 1 saturated heterocycles. The highest BCUT2D eigenvalue weighted by Gasteiger charge is 2.25. The summed E-state index contributed by atoms with van der Waals surface area (Å²) in [5, 5.41) is 11.1. The van der Waals surface area contributed by atoms with Gasteiger partial charge in [0.05, 0.1) is 5.75 Å². The first-order valence-electron chi connectivity index (χ1n) is 5.78. The van der Waals surface area contributed by atoms with Gasteiger partial charge in [0, 0.05) is 36.2 Å². The Labute approximate surface area is 110 Å². The second-order valence-electron chi connectivity index (χ2n) is 4.25. The molecule has 1 aromatic rings. The maximum atomic E-state index is 11.9. The molecule has 0 radical (unpaired) electrons. The smallest absolute Gasteiger partial charge is 0.232 e. The van der Waals surface area contributed by atoms with Crippen molar-refractivity contribution in [3.63, 3.8) is 0 Å². The molecule has 0 aromatic carbocycles. The van der Waals surface area contributed by atoms with Gasteiger partial charge in [0.1, 0.15) is 0 Å². The van der Waals surface area contributed by atoms with E-state index in [0.29, 0.717) is 11.7 Å². The van der Waals surface area contributed by atoms with E-state index in [9.17, 15) is 4.79 Å². The van der Waals surface area contributed by atoms with Crippen LogP contribution in [0.3, 0.4) is 0 Å². The van der Waals surface area contributed by atoms with Crippen molar-refractivity contribution in [1.29, 1.82) is 0 Å². The lowest BCUT2D eigenvalue weighted by atomic mass is 10.1. The molecule has 3 nitrogen and oxygen atoms in total. The molecule has 0 saturated carbocycles. The Balaban J connectivity index is 1.67. The van der Waals surface area contributed by atoms with Crippen molar-refractivity contribution < 1.29 is 9.90 Å². The lowest BCUT2D eigenvalue weighted by Gasteiger charge is -2.15. The average molecular weight is 271 g/mol. The van der Waals surface area contributed by atoms with Gasteiger partial charge in [-0.15, -0.1) is 23.1 Å². The number of thioether (sulfide) groups is 1. The van der Waals surface area contributed by atoms with Gasteiger partial charge in [0.25, 0.3) is 0 Å². The van der Waals surface area contributed by atoms with Crippen LogP contribution in [-0.2, 0) is 10.5 Å². The second kappa shape index (κ2) is 6.42. The molecular formula is C12H17NO2S2. The van der Waals surface area contributed by atoms with Crippen LogP contribution >= 0.6 is 23.1 Å². The maximum Gasteiger partial charge on any atom is 0.232 e. The van der Waals surface area contributed by atoms with Gasteiger partial charge >= 0.3 is 0 Å². The van der Waals surface area contributed by atoms with Gasteiger partial charge in [0.15, 0.2) is 0 Å². The first kappa shape index (κ1) is 12.9. The normalized spacial score (nSPS) is 19.8. The van der Waals surface area contributed by atoms with Crippen LogP contribution < -0.4 is 0 Å². The van der Waals surface area contributed by atoms with E-state index in [1.807, 2.05) is 11.0 Å². The summed E-state index contributed by atoms with van der Waals surface area (Å²) in [6.07, 6.45) is 0.942. The monoisotopic (exact) mass is 271 g/mol. The molecule has 5 heteroatoms. The Morgan fingerprint density at radius 3 is 3.18 bits per heavy atom. The van der Waals surface area contributed by atoms with Gasteiger partial charge in [-0.25, -0.2) is 0 Å². The molecule has 1 atom stereocenters. The quantitative estimate of drug-likeness (QED) is 0.888. The van der Waals surface area contributed by atoms with Crippen LogP contribution in [0.15, 0.2) is 17.5 Å². The summed E-state index contributed by atoms with van der Waals surface area (Å²) in [6, 6.07) is 4.13. The zero-order valence-corrected chi connectivity index (χ0v) is 11.3. The summed E-state index contributed by atoms with van der Waals surface area (Å²) in [6.45, 7) is 1.74. The number of nitrogens with zero attached hydrogens (tertiary/aromatic N) is 1. The number of carbonyl (C=O) groups is 1. The van der Waals surface area contributed by atoms with Gasteiger partial charge in [-0.3, -0.25) is 4.79 Å². The Morgan fingerprint density at radius 2 is 2.53 bits per heavy atom. The molecule has 1 aliphatic rings. The van der Waals surface area contributed by atoms with Crippen LogP contribution in [0, 0.1) is 5.92 Å². The topological polar surface area (TPSA) is 40.5 Å². The molecular weight excluding hydrogens is 254 g/mol. The molecule has 2 heterocycles. The Morgan fingerprint density at radius 1 is 1.65 bits per heavy atom. The predicted octanol–water partition coefficient (Wildman–Crippen LogP) is 1.82. The molecule has 1 aromatic heterocycles. The van der Waals surface area contributed by atoms with Crippen LogP contribution in [0.1, 0.15) is 11.3 Å². The largest absolute Gasteiger partial charge is 0.396 e. The summed E-state index contributed by atoms with van der Waals surface area (Å²) in [5.74, 6) is 1.97. The van der Waals surface area contributed by atoms with Crippen LogP contribution in [0.2, 0.25) is 0 Å². The summed E-state index contributed by atoms with van der Waals surface area (Å²) in [5.41, 5.74) is 0. The predicted molar refractivity (Wildman–Crippen MR) is 72.3 cm³/mol. The van der Waals surface area contributed by atoms with E-state index in [0.717, 1.165) is 25.3 Å². The van der Waals surface area contributed by atoms with E-state index in [-0.39, 0.29) is 12.5 Å². The molecule has 1 unspecified atom stereocenters. The third-order valence-corrected chi connectivity index (χ3v) is 4.97. The van der Waals surface area contributed by atoms with E-state index in [1.165, 1.54) is 4.88 Å². The zero-order valence-electron chi connectivity index (χ0n) is 9.67. The summed E-state index contributed by atoms with van der Waals surface area (Å²) >= 11 is 3.40. The van der Waals surface area contributed by atoms with E-state index in [4.69, 9.17) is 5.11 Å². The van der Waals surface area contributed by atoms with Crippen molar-refractivity contribution in [1.82, 2.24) is 4.90 Å².